The van der Waals surface area contributed by atoms with Gasteiger partial charge in [-0.3, -0.25) is 4.68 Å². The van der Waals surface area contributed by atoms with E-state index in [4.69, 9.17) is 4.99 Å². The summed E-state index contributed by atoms with van der Waals surface area (Å²) in [6.45, 7) is 4.44. The topological polar surface area (TPSA) is 54.2 Å². The number of rotatable bonds is 6. The van der Waals surface area contributed by atoms with Crippen LogP contribution in [-0.4, -0.2) is 28.3 Å². The number of aromatic nitrogens is 2. The minimum Gasteiger partial charge on any atom is -0.357 e. The van der Waals surface area contributed by atoms with Gasteiger partial charge in [0.05, 0.1) is 13.1 Å². The van der Waals surface area contributed by atoms with Crippen molar-refractivity contribution in [3.63, 3.8) is 0 Å². The molecular weight excluding hydrogens is 401 g/mol. The predicted molar refractivity (Wildman–Crippen MR) is 104 cm³/mol. The lowest BCUT2D eigenvalue weighted by atomic mass is 10.1. The highest BCUT2D eigenvalue weighted by atomic mass is 127. The molecule has 1 aromatic heterocycles. The summed E-state index contributed by atoms with van der Waals surface area (Å²) in [5.74, 6) is 0.916. The highest BCUT2D eigenvalue weighted by Gasteiger charge is 2.22. The minimum absolute atomic E-state index is 0. The van der Waals surface area contributed by atoms with E-state index in [9.17, 15) is 0 Å². The van der Waals surface area contributed by atoms with Gasteiger partial charge in [-0.2, -0.15) is 5.10 Å². The zero-order valence-corrected chi connectivity index (χ0v) is 15.7. The van der Waals surface area contributed by atoms with Gasteiger partial charge in [-0.25, -0.2) is 4.99 Å². The Labute approximate surface area is 154 Å². The maximum atomic E-state index is 4.72. The molecule has 1 saturated carbocycles. The van der Waals surface area contributed by atoms with Crippen molar-refractivity contribution in [3.05, 3.63) is 53.9 Å². The molecule has 3 rings (SSSR count). The van der Waals surface area contributed by atoms with Gasteiger partial charge in [0.25, 0.3) is 0 Å². The molecule has 2 N–H and O–H groups in total. The van der Waals surface area contributed by atoms with E-state index in [1.807, 2.05) is 23.1 Å². The molecule has 23 heavy (non-hydrogen) atoms. The monoisotopic (exact) mass is 425 g/mol. The molecule has 1 aliphatic rings. The van der Waals surface area contributed by atoms with Crippen LogP contribution in [0.3, 0.4) is 0 Å². The zero-order valence-electron chi connectivity index (χ0n) is 13.4. The van der Waals surface area contributed by atoms with Crippen molar-refractivity contribution in [1.82, 2.24) is 20.4 Å². The van der Waals surface area contributed by atoms with Crippen molar-refractivity contribution in [2.45, 2.75) is 38.9 Å². The Bertz CT molecular complexity index is 620. The molecule has 0 amide bonds. The third-order valence-corrected chi connectivity index (χ3v) is 3.68. The van der Waals surface area contributed by atoms with E-state index in [0.29, 0.717) is 12.6 Å². The summed E-state index contributed by atoms with van der Waals surface area (Å²) in [7, 11) is 0. The summed E-state index contributed by atoms with van der Waals surface area (Å²) in [6, 6.07) is 11.0. The molecule has 0 saturated heterocycles. The zero-order chi connectivity index (χ0) is 15.2. The van der Waals surface area contributed by atoms with Gasteiger partial charge in [-0.05, 0) is 37.0 Å². The molecule has 1 aliphatic carbocycles. The van der Waals surface area contributed by atoms with Crippen LogP contribution in [-0.2, 0) is 13.1 Å². The second kappa shape index (κ2) is 8.90. The molecule has 1 aromatic carbocycles. The molecule has 0 atom stereocenters. The number of guanidine groups is 1. The second-order valence-electron chi connectivity index (χ2n) is 5.59. The summed E-state index contributed by atoms with van der Waals surface area (Å²) >= 11 is 0. The number of nitrogens with one attached hydrogen (secondary N) is 2. The molecule has 5 nitrogen and oxygen atoms in total. The molecule has 2 aromatic rings. The average Bonchev–Trinajstić information content (AvgIpc) is 3.20. The molecule has 0 bridgehead atoms. The van der Waals surface area contributed by atoms with E-state index in [2.05, 4.69) is 46.9 Å². The van der Waals surface area contributed by atoms with Crippen molar-refractivity contribution < 1.29 is 0 Å². The Morgan fingerprint density at radius 1 is 1.26 bits per heavy atom. The lowest BCUT2D eigenvalue weighted by Crippen LogP contribution is -2.38. The van der Waals surface area contributed by atoms with Gasteiger partial charge in [0.1, 0.15) is 0 Å². The summed E-state index contributed by atoms with van der Waals surface area (Å²) < 4.78 is 1.94. The van der Waals surface area contributed by atoms with Gasteiger partial charge in [-0.15, -0.1) is 24.0 Å². The average molecular weight is 425 g/mol. The molecule has 6 heteroatoms. The van der Waals surface area contributed by atoms with E-state index >= 15 is 0 Å². The van der Waals surface area contributed by atoms with E-state index < -0.39 is 0 Å². The van der Waals surface area contributed by atoms with Crippen molar-refractivity contribution >= 4 is 29.9 Å². The summed E-state index contributed by atoms with van der Waals surface area (Å²) in [5.41, 5.74) is 2.50. The third kappa shape index (κ3) is 5.53. The van der Waals surface area contributed by atoms with Crippen molar-refractivity contribution in [1.29, 1.82) is 0 Å². The Balaban J connectivity index is 0.00000192. The Morgan fingerprint density at radius 3 is 2.70 bits per heavy atom. The van der Waals surface area contributed by atoms with Gasteiger partial charge in [-0.1, -0.05) is 24.3 Å². The second-order valence-corrected chi connectivity index (χ2v) is 5.59. The fraction of sp³-hybridized carbons (Fsp3) is 0.412. The molecule has 1 heterocycles. The predicted octanol–water partition coefficient (Wildman–Crippen LogP) is 2.77. The van der Waals surface area contributed by atoms with Gasteiger partial charge in [0.2, 0.25) is 0 Å². The van der Waals surface area contributed by atoms with Gasteiger partial charge in [0, 0.05) is 25.0 Å². The maximum absolute atomic E-state index is 4.72. The quantitative estimate of drug-likeness (QED) is 0.425. The van der Waals surface area contributed by atoms with Crippen LogP contribution in [0.25, 0.3) is 0 Å². The normalized spacial score (nSPS) is 14.2. The van der Waals surface area contributed by atoms with E-state index in [-0.39, 0.29) is 24.0 Å². The highest BCUT2D eigenvalue weighted by molar-refractivity contribution is 14.0. The van der Waals surface area contributed by atoms with Gasteiger partial charge < -0.3 is 10.6 Å². The fourth-order valence-corrected chi connectivity index (χ4v) is 2.34. The lowest BCUT2D eigenvalue weighted by Gasteiger charge is -2.12. The minimum atomic E-state index is 0. The van der Waals surface area contributed by atoms with Crippen LogP contribution in [0.5, 0.6) is 0 Å². The molecule has 0 spiro atoms. The molecule has 0 radical (unpaired) electrons. The summed E-state index contributed by atoms with van der Waals surface area (Å²) in [5, 5.41) is 11.0. The van der Waals surface area contributed by atoms with Gasteiger partial charge in [0.15, 0.2) is 5.96 Å². The van der Waals surface area contributed by atoms with Crippen LogP contribution >= 0.6 is 24.0 Å². The number of hydrogen-bond acceptors (Lipinski definition) is 2. The van der Waals surface area contributed by atoms with Crippen molar-refractivity contribution in [2.24, 2.45) is 4.99 Å². The van der Waals surface area contributed by atoms with Crippen LogP contribution in [0.2, 0.25) is 0 Å². The summed E-state index contributed by atoms with van der Waals surface area (Å²) in [4.78, 5) is 4.72. The van der Waals surface area contributed by atoms with Crippen LogP contribution in [0, 0.1) is 0 Å². The smallest absolute Gasteiger partial charge is 0.191 e. The molecule has 0 aliphatic heterocycles. The van der Waals surface area contributed by atoms with Crippen LogP contribution in [0.15, 0.2) is 47.7 Å². The largest absolute Gasteiger partial charge is 0.357 e. The molecule has 0 unspecified atom stereocenters. The molecule has 1 fully saturated rings. The highest BCUT2D eigenvalue weighted by Crippen LogP contribution is 2.18. The van der Waals surface area contributed by atoms with E-state index in [1.165, 1.54) is 24.0 Å². The Morgan fingerprint density at radius 2 is 2.04 bits per heavy atom. The number of halogens is 1. The van der Waals surface area contributed by atoms with Gasteiger partial charge >= 0.3 is 0 Å². The standard InChI is InChI=1S/C17H23N5.HI/c1-2-18-17(21-16-8-9-16)19-12-14-6-3-4-7-15(14)13-22-11-5-10-20-22;/h3-7,10-11,16H,2,8-9,12-13H2,1H3,(H2,18,19,21);1H. The molecular formula is C17H24IN5. The SMILES string of the molecule is CCNC(=NCc1ccccc1Cn1cccn1)NC1CC1.I. The van der Waals surface area contributed by atoms with Crippen molar-refractivity contribution in [3.8, 4) is 0 Å². The first-order valence-electron chi connectivity index (χ1n) is 7.94. The molecule has 124 valence electrons. The lowest BCUT2D eigenvalue weighted by molar-refractivity contribution is 0.680. The number of hydrogen-bond donors (Lipinski definition) is 2. The Hall–Kier alpha value is -1.57. The Kier molecular flexibility index (Phi) is 6.88. The van der Waals surface area contributed by atoms with Crippen LogP contribution < -0.4 is 10.6 Å². The van der Waals surface area contributed by atoms with E-state index in [0.717, 1.165) is 19.0 Å². The van der Waals surface area contributed by atoms with Crippen LogP contribution in [0.4, 0.5) is 0 Å². The number of benzene rings is 1. The first-order valence-corrected chi connectivity index (χ1v) is 7.94. The van der Waals surface area contributed by atoms with Crippen molar-refractivity contribution in [2.75, 3.05) is 6.54 Å². The van der Waals surface area contributed by atoms with Crippen LogP contribution in [0.1, 0.15) is 30.9 Å². The van der Waals surface area contributed by atoms with E-state index in [1.54, 1.807) is 0 Å². The maximum Gasteiger partial charge on any atom is 0.191 e. The number of nitrogens with zero attached hydrogens (tertiary/aromatic N) is 3. The fourth-order valence-electron chi connectivity index (χ4n) is 2.34. The third-order valence-electron chi connectivity index (χ3n) is 3.68. The first kappa shape index (κ1) is 17.8. The number of aliphatic imine (C=N–C) groups is 1. The first-order chi connectivity index (χ1) is 10.8. The summed E-state index contributed by atoms with van der Waals surface area (Å²) in [6.07, 6.45) is 6.29.